The first-order valence-electron chi connectivity index (χ1n) is 6.76. The molecule has 0 bridgehead atoms. The molecule has 1 aliphatic heterocycles. The van der Waals surface area contributed by atoms with E-state index in [0.29, 0.717) is 0 Å². The number of likely N-dealkylation sites (N-methyl/N-ethyl adjacent to an activating group) is 1. The second-order valence-electron chi connectivity index (χ2n) is 5.55. The Bertz CT molecular complexity index is 470. The van der Waals surface area contributed by atoms with E-state index in [4.69, 9.17) is 0 Å². The number of piperazine rings is 1. The number of carbonyl (C=O) groups excluding carboxylic acids is 1. The number of benzene rings is 1. The molecule has 4 nitrogen and oxygen atoms in total. The number of nitrogens with zero attached hydrogens (tertiary/aromatic N) is 2. The van der Waals surface area contributed by atoms with Crippen molar-refractivity contribution in [3.63, 3.8) is 0 Å². The summed E-state index contributed by atoms with van der Waals surface area (Å²) >= 11 is 0. The van der Waals surface area contributed by atoms with Gasteiger partial charge in [0.15, 0.2) is 0 Å². The average Bonchev–Trinajstić information content (AvgIpc) is 2.35. The van der Waals surface area contributed by atoms with Crippen molar-refractivity contribution in [2.24, 2.45) is 0 Å². The van der Waals surface area contributed by atoms with Crippen LogP contribution < -0.4 is 10.2 Å². The van der Waals surface area contributed by atoms with Gasteiger partial charge in [-0.1, -0.05) is 12.1 Å². The number of anilines is 1. The molecule has 1 heterocycles. The Morgan fingerprint density at radius 2 is 2.11 bits per heavy atom. The van der Waals surface area contributed by atoms with Gasteiger partial charge in [0.1, 0.15) is 6.04 Å². The quantitative estimate of drug-likeness (QED) is 0.887. The molecule has 1 amide bonds. The SMILES string of the molecule is Cc1ccc(C)c(N2CCNC(CN(C)C)C2=O)c1. The van der Waals surface area contributed by atoms with Crippen LogP contribution in [0.3, 0.4) is 0 Å². The molecule has 1 unspecified atom stereocenters. The molecule has 1 fully saturated rings. The van der Waals surface area contributed by atoms with Crippen LogP contribution in [0.1, 0.15) is 11.1 Å². The summed E-state index contributed by atoms with van der Waals surface area (Å²) in [5, 5.41) is 3.30. The lowest BCUT2D eigenvalue weighted by atomic mass is 10.1. The summed E-state index contributed by atoms with van der Waals surface area (Å²) in [6.45, 7) is 6.45. The zero-order chi connectivity index (χ0) is 14.0. The van der Waals surface area contributed by atoms with E-state index in [-0.39, 0.29) is 11.9 Å². The van der Waals surface area contributed by atoms with Gasteiger partial charge < -0.3 is 15.1 Å². The van der Waals surface area contributed by atoms with Crippen LogP contribution in [0.15, 0.2) is 18.2 Å². The molecule has 1 aromatic carbocycles. The van der Waals surface area contributed by atoms with Gasteiger partial charge >= 0.3 is 0 Å². The molecule has 104 valence electrons. The van der Waals surface area contributed by atoms with Gasteiger partial charge in [-0.3, -0.25) is 4.79 Å². The number of aryl methyl sites for hydroxylation is 2. The molecular weight excluding hydrogens is 238 g/mol. The van der Waals surface area contributed by atoms with E-state index < -0.39 is 0 Å². The minimum Gasteiger partial charge on any atom is -0.309 e. The molecule has 0 saturated carbocycles. The van der Waals surface area contributed by atoms with Crippen LogP contribution in [-0.4, -0.2) is 50.6 Å². The number of amides is 1. The number of hydrogen-bond acceptors (Lipinski definition) is 3. The third kappa shape index (κ3) is 3.14. The highest BCUT2D eigenvalue weighted by Gasteiger charge is 2.30. The lowest BCUT2D eigenvalue weighted by molar-refractivity contribution is -0.121. The predicted octanol–water partition coefficient (Wildman–Crippen LogP) is 1.17. The molecule has 1 saturated heterocycles. The normalized spacial score (nSPS) is 20.2. The highest BCUT2D eigenvalue weighted by atomic mass is 16.2. The first-order valence-corrected chi connectivity index (χ1v) is 6.76. The molecule has 1 aliphatic rings. The van der Waals surface area contributed by atoms with Crippen molar-refractivity contribution in [2.75, 3.05) is 38.6 Å². The Morgan fingerprint density at radius 3 is 2.79 bits per heavy atom. The van der Waals surface area contributed by atoms with Crippen LogP contribution in [0.5, 0.6) is 0 Å². The summed E-state index contributed by atoms with van der Waals surface area (Å²) in [5.41, 5.74) is 3.40. The maximum Gasteiger partial charge on any atom is 0.245 e. The van der Waals surface area contributed by atoms with Crippen molar-refractivity contribution in [2.45, 2.75) is 19.9 Å². The number of hydrogen-bond donors (Lipinski definition) is 1. The molecule has 19 heavy (non-hydrogen) atoms. The first-order chi connectivity index (χ1) is 8.99. The number of carbonyl (C=O) groups is 1. The molecule has 0 spiro atoms. The first kappa shape index (κ1) is 14.0. The van der Waals surface area contributed by atoms with Gasteiger partial charge in [-0.05, 0) is 45.1 Å². The van der Waals surface area contributed by atoms with Gasteiger partial charge in [-0.25, -0.2) is 0 Å². The van der Waals surface area contributed by atoms with E-state index >= 15 is 0 Å². The Balaban J connectivity index is 2.24. The van der Waals surface area contributed by atoms with Crippen LogP contribution in [0.25, 0.3) is 0 Å². The predicted molar refractivity (Wildman–Crippen MR) is 78.6 cm³/mol. The summed E-state index contributed by atoms with van der Waals surface area (Å²) < 4.78 is 0. The van der Waals surface area contributed by atoms with Crippen molar-refractivity contribution in [1.82, 2.24) is 10.2 Å². The van der Waals surface area contributed by atoms with Crippen LogP contribution in [0.2, 0.25) is 0 Å². The third-order valence-electron chi connectivity index (χ3n) is 3.49. The van der Waals surface area contributed by atoms with Crippen LogP contribution in [0, 0.1) is 13.8 Å². The molecule has 1 atom stereocenters. The van der Waals surface area contributed by atoms with E-state index in [2.05, 4.69) is 37.4 Å². The number of rotatable bonds is 3. The molecule has 4 heteroatoms. The largest absolute Gasteiger partial charge is 0.309 e. The summed E-state index contributed by atoms with van der Waals surface area (Å²) in [4.78, 5) is 16.5. The standard InChI is InChI=1S/C15H23N3O/c1-11-5-6-12(2)14(9-11)18-8-7-16-13(15(18)19)10-17(3)4/h5-6,9,13,16H,7-8,10H2,1-4H3. The Kier molecular flexibility index (Phi) is 4.22. The van der Waals surface area contributed by atoms with E-state index in [1.54, 1.807) is 0 Å². The van der Waals surface area contributed by atoms with Crippen LogP contribution in [-0.2, 0) is 4.79 Å². The van der Waals surface area contributed by atoms with Gasteiger partial charge in [0, 0.05) is 25.3 Å². The maximum absolute atomic E-state index is 12.6. The highest BCUT2D eigenvalue weighted by Crippen LogP contribution is 2.23. The maximum atomic E-state index is 12.6. The zero-order valence-corrected chi connectivity index (χ0v) is 12.2. The van der Waals surface area contributed by atoms with E-state index in [9.17, 15) is 4.79 Å². The van der Waals surface area contributed by atoms with E-state index in [1.807, 2.05) is 23.9 Å². The molecule has 0 aliphatic carbocycles. The molecule has 2 rings (SSSR count). The number of nitrogens with one attached hydrogen (secondary N) is 1. The average molecular weight is 261 g/mol. The highest BCUT2D eigenvalue weighted by molar-refractivity contribution is 5.98. The monoisotopic (exact) mass is 261 g/mol. The second kappa shape index (κ2) is 5.72. The fourth-order valence-corrected chi connectivity index (χ4v) is 2.49. The van der Waals surface area contributed by atoms with Crippen LogP contribution >= 0.6 is 0 Å². The van der Waals surface area contributed by atoms with Gasteiger partial charge in [-0.2, -0.15) is 0 Å². The Morgan fingerprint density at radius 1 is 1.37 bits per heavy atom. The van der Waals surface area contributed by atoms with Crippen molar-refractivity contribution < 1.29 is 4.79 Å². The van der Waals surface area contributed by atoms with Gasteiger partial charge in [0.05, 0.1) is 0 Å². The molecular formula is C15H23N3O. The lowest BCUT2D eigenvalue weighted by Gasteiger charge is -2.35. The minimum absolute atomic E-state index is 0.108. The van der Waals surface area contributed by atoms with Gasteiger partial charge in [-0.15, -0.1) is 0 Å². The molecule has 0 aromatic heterocycles. The Labute approximate surface area is 115 Å². The van der Waals surface area contributed by atoms with Crippen molar-refractivity contribution in [3.05, 3.63) is 29.3 Å². The second-order valence-corrected chi connectivity index (χ2v) is 5.55. The summed E-state index contributed by atoms with van der Waals surface area (Å²) in [6.07, 6.45) is 0. The Hall–Kier alpha value is -1.39. The fourth-order valence-electron chi connectivity index (χ4n) is 2.49. The van der Waals surface area contributed by atoms with Crippen LogP contribution in [0.4, 0.5) is 5.69 Å². The van der Waals surface area contributed by atoms with E-state index in [1.165, 1.54) is 5.56 Å². The van der Waals surface area contributed by atoms with Crippen molar-refractivity contribution in [3.8, 4) is 0 Å². The zero-order valence-electron chi connectivity index (χ0n) is 12.2. The molecule has 0 radical (unpaired) electrons. The van der Waals surface area contributed by atoms with Crippen molar-refractivity contribution >= 4 is 11.6 Å². The minimum atomic E-state index is -0.108. The van der Waals surface area contributed by atoms with E-state index in [0.717, 1.165) is 30.9 Å². The van der Waals surface area contributed by atoms with Gasteiger partial charge in [0.25, 0.3) is 0 Å². The summed E-state index contributed by atoms with van der Waals surface area (Å²) in [5.74, 6) is 0.175. The lowest BCUT2D eigenvalue weighted by Crippen LogP contribution is -2.58. The fraction of sp³-hybridized carbons (Fsp3) is 0.533. The third-order valence-corrected chi connectivity index (χ3v) is 3.49. The summed E-state index contributed by atoms with van der Waals surface area (Å²) in [7, 11) is 3.98. The topological polar surface area (TPSA) is 35.6 Å². The van der Waals surface area contributed by atoms with Gasteiger partial charge in [0.2, 0.25) is 5.91 Å². The molecule has 1 N–H and O–H groups in total. The molecule has 1 aromatic rings. The summed E-state index contributed by atoms with van der Waals surface area (Å²) in [6, 6.07) is 6.17. The smallest absolute Gasteiger partial charge is 0.245 e. The van der Waals surface area contributed by atoms with Crippen molar-refractivity contribution in [1.29, 1.82) is 0 Å².